The minimum Gasteiger partial charge on any atom is -0.467 e. The third-order valence-corrected chi connectivity index (χ3v) is 7.76. The molecule has 1 amide bonds. The normalized spacial score (nSPS) is 16.3. The Kier molecular flexibility index (Phi) is 5.47. The summed E-state index contributed by atoms with van der Waals surface area (Å²) in [6.07, 6.45) is 4.98. The number of nitrogens with one attached hydrogen (secondary N) is 1. The lowest BCUT2D eigenvalue weighted by Crippen LogP contribution is -2.24. The van der Waals surface area contributed by atoms with Gasteiger partial charge in [-0.3, -0.25) is 9.20 Å². The zero-order chi connectivity index (χ0) is 21.5. The van der Waals surface area contributed by atoms with Crippen LogP contribution in [-0.4, -0.2) is 31.2 Å². The van der Waals surface area contributed by atoms with Crippen molar-refractivity contribution in [2.24, 2.45) is 5.92 Å². The zero-order valence-corrected chi connectivity index (χ0v) is 19.5. The Morgan fingerprint density at radius 3 is 3.06 bits per heavy atom. The van der Waals surface area contributed by atoms with E-state index in [1.165, 1.54) is 28.6 Å². The lowest BCUT2D eigenvalue weighted by Gasteiger charge is -2.17. The van der Waals surface area contributed by atoms with E-state index in [-0.39, 0.29) is 17.6 Å². The van der Waals surface area contributed by atoms with Crippen LogP contribution in [0.1, 0.15) is 55.1 Å². The van der Waals surface area contributed by atoms with Gasteiger partial charge in [-0.1, -0.05) is 32.5 Å². The van der Waals surface area contributed by atoms with Crippen LogP contribution in [0.25, 0.3) is 15.9 Å². The molecule has 1 atom stereocenters. The first-order chi connectivity index (χ1) is 15.0. The number of nitrogens with zero attached hydrogens (tertiary/aromatic N) is 4. The topological polar surface area (TPSA) is 85.3 Å². The number of carbonyl (C=O) groups is 1. The van der Waals surface area contributed by atoms with Crippen LogP contribution in [0, 0.1) is 5.92 Å². The van der Waals surface area contributed by atoms with Crippen LogP contribution in [0.3, 0.4) is 0 Å². The smallest absolute Gasteiger partial charge is 0.230 e. The first-order valence-corrected chi connectivity index (χ1v) is 12.4. The van der Waals surface area contributed by atoms with Gasteiger partial charge in [-0.15, -0.1) is 21.5 Å². The Labute approximate surface area is 188 Å². The molecule has 0 spiro atoms. The highest BCUT2D eigenvalue weighted by atomic mass is 32.2. The van der Waals surface area contributed by atoms with Gasteiger partial charge in [-0.05, 0) is 42.9 Å². The van der Waals surface area contributed by atoms with Crippen LogP contribution in [-0.2, 0) is 24.2 Å². The minimum atomic E-state index is -0.0693. The molecule has 0 radical (unpaired) electrons. The minimum absolute atomic E-state index is 0.0693. The molecule has 0 saturated heterocycles. The Morgan fingerprint density at radius 1 is 1.42 bits per heavy atom. The van der Waals surface area contributed by atoms with Crippen molar-refractivity contribution in [2.75, 3.05) is 5.75 Å². The Hall–Kier alpha value is -2.39. The van der Waals surface area contributed by atoms with Crippen molar-refractivity contribution in [2.45, 2.75) is 57.7 Å². The average molecular weight is 456 g/mol. The molecule has 0 fully saturated rings. The van der Waals surface area contributed by atoms with E-state index in [0.29, 0.717) is 17.6 Å². The summed E-state index contributed by atoms with van der Waals surface area (Å²) >= 11 is 3.20. The fourth-order valence-corrected chi connectivity index (χ4v) is 6.25. The molecular formula is C22H25N5O2S2. The van der Waals surface area contributed by atoms with Gasteiger partial charge in [0.25, 0.3) is 0 Å². The molecule has 31 heavy (non-hydrogen) atoms. The molecule has 0 saturated carbocycles. The highest BCUT2D eigenvalue weighted by Gasteiger charge is 2.26. The number of rotatable bonds is 6. The molecule has 5 rings (SSSR count). The van der Waals surface area contributed by atoms with Gasteiger partial charge in [0.2, 0.25) is 5.91 Å². The van der Waals surface area contributed by atoms with Crippen LogP contribution in [0.2, 0.25) is 0 Å². The van der Waals surface area contributed by atoms with E-state index in [4.69, 9.17) is 9.40 Å². The van der Waals surface area contributed by atoms with Gasteiger partial charge in [0.1, 0.15) is 16.4 Å². The number of thiophene rings is 1. The average Bonchev–Trinajstić information content (AvgIpc) is 3.47. The van der Waals surface area contributed by atoms with Gasteiger partial charge in [0.15, 0.2) is 10.8 Å². The van der Waals surface area contributed by atoms with Crippen molar-refractivity contribution in [3.8, 4) is 0 Å². The van der Waals surface area contributed by atoms with Crippen molar-refractivity contribution in [1.82, 2.24) is 24.9 Å². The molecule has 7 nitrogen and oxygen atoms in total. The predicted molar refractivity (Wildman–Crippen MR) is 123 cm³/mol. The molecule has 1 aliphatic carbocycles. The number of fused-ring (bicyclic) bond motifs is 5. The summed E-state index contributed by atoms with van der Waals surface area (Å²) in [5.74, 6) is 2.79. The molecular weight excluding hydrogens is 430 g/mol. The van der Waals surface area contributed by atoms with Crippen molar-refractivity contribution in [3.63, 3.8) is 0 Å². The highest BCUT2D eigenvalue weighted by molar-refractivity contribution is 7.99. The van der Waals surface area contributed by atoms with Gasteiger partial charge in [0, 0.05) is 10.8 Å². The van der Waals surface area contributed by atoms with Gasteiger partial charge in [-0.2, -0.15) is 0 Å². The Morgan fingerprint density at radius 2 is 2.29 bits per heavy atom. The number of aryl methyl sites for hydroxylation is 1. The quantitative estimate of drug-likeness (QED) is 0.428. The van der Waals surface area contributed by atoms with Crippen LogP contribution in [0.15, 0.2) is 28.0 Å². The summed E-state index contributed by atoms with van der Waals surface area (Å²) in [5.41, 5.74) is 2.27. The van der Waals surface area contributed by atoms with Crippen molar-refractivity contribution in [1.29, 1.82) is 0 Å². The van der Waals surface area contributed by atoms with Crippen LogP contribution >= 0.6 is 23.1 Å². The summed E-state index contributed by atoms with van der Waals surface area (Å²) < 4.78 is 7.32. The van der Waals surface area contributed by atoms with Gasteiger partial charge >= 0.3 is 0 Å². The Balaban J connectivity index is 1.46. The number of amides is 1. The van der Waals surface area contributed by atoms with Crippen molar-refractivity contribution in [3.05, 3.63) is 40.4 Å². The predicted octanol–water partition coefficient (Wildman–Crippen LogP) is 4.59. The second-order valence-electron chi connectivity index (χ2n) is 8.44. The first kappa shape index (κ1) is 20.5. The van der Waals surface area contributed by atoms with Crippen LogP contribution in [0.4, 0.5) is 0 Å². The number of thioether (sulfide) groups is 1. The highest BCUT2D eigenvalue weighted by Crippen LogP contribution is 2.40. The lowest BCUT2D eigenvalue weighted by atomic mass is 9.89. The monoisotopic (exact) mass is 455 g/mol. The van der Waals surface area contributed by atoms with Crippen LogP contribution < -0.4 is 5.32 Å². The molecule has 1 aliphatic rings. The third kappa shape index (κ3) is 3.85. The summed E-state index contributed by atoms with van der Waals surface area (Å²) in [6, 6.07) is 3.65. The van der Waals surface area contributed by atoms with Gasteiger partial charge in [-0.25, -0.2) is 4.98 Å². The van der Waals surface area contributed by atoms with E-state index in [2.05, 4.69) is 40.7 Å². The molecule has 0 unspecified atom stereocenters. The molecule has 0 aliphatic heterocycles. The number of hydrogen-bond donors (Lipinski definition) is 1. The number of carbonyl (C=O) groups excluding carboxylic acids is 1. The second kappa shape index (κ2) is 8.27. The van der Waals surface area contributed by atoms with E-state index in [0.717, 1.165) is 40.3 Å². The lowest BCUT2D eigenvalue weighted by molar-refractivity contribution is -0.118. The Bertz CT molecular complexity index is 1240. The number of furan rings is 1. The first-order valence-electron chi connectivity index (χ1n) is 10.6. The van der Waals surface area contributed by atoms with E-state index in [9.17, 15) is 4.79 Å². The summed E-state index contributed by atoms with van der Waals surface area (Å²) in [4.78, 5) is 19.9. The van der Waals surface area contributed by atoms with Crippen LogP contribution in [0.5, 0.6) is 0 Å². The molecule has 0 aromatic carbocycles. The maximum atomic E-state index is 12.3. The molecule has 4 aromatic rings. The maximum absolute atomic E-state index is 12.3. The van der Waals surface area contributed by atoms with Crippen molar-refractivity contribution < 1.29 is 9.21 Å². The zero-order valence-electron chi connectivity index (χ0n) is 17.8. The maximum Gasteiger partial charge on any atom is 0.230 e. The van der Waals surface area contributed by atoms with E-state index in [1.807, 2.05) is 23.5 Å². The fraction of sp³-hybridized carbons (Fsp3) is 0.455. The molecule has 4 aromatic heterocycles. The standard InChI is InChI=1S/C22H25N5O2S2/c1-12(2)19-24-21-18(15-7-6-13(3)9-16(15)31-21)20-25-26-22(27(19)20)30-11-17(28)23-10-14-5-4-8-29-14/h4-5,8,12-13H,6-7,9-11H2,1-3H3,(H,23,28)/t13-/m0/s1. The summed E-state index contributed by atoms with van der Waals surface area (Å²) in [6.45, 7) is 6.96. The van der Waals surface area contributed by atoms with Gasteiger partial charge < -0.3 is 9.73 Å². The number of aromatic nitrogens is 4. The summed E-state index contributed by atoms with van der Waals surface area (Å²) in [7, 11) is 0. The number of hydrogen-bond acceptors (Lipinski definition) is 7. The largest absolute Gasteiger partial charge is 0.467 e. The fourth-order valence-electron chi connectivity index (χ4n) is 4.10. The van der Waals surface area contributed by atoms with E-state index < -0.39 is 0 Å². The molecule has 162 valence electrons. The molecule has 9 heteroatoms. The third-order valence-electron chi connectivity index (χ3n) is 5.68. The van der Waals surface area contributed by atoms with E-state index in [1.54, 1.807) is 6.26 Å². The molecule has 4 heterocycles. The second-order valence-corrected chi connectivity index (χ2v) is 10.5. The van der Waals surface area contributed by atoms with Gasteiger partial charge in [0.05, 0.1) is 23.9 Å². The van der Waals surface area contributed by atoms with E-state index >= 15 is 0 Å². The molecule has 0 bridgehead atoms. The molecule has 1 N–H and O–H groups in total. The SMILES string of the molecule is CC(C)c1nc2sc3c(c2c2nnc(SCC(=O)NCc4ccco4)n12)CC[C@H](C)C3. The van der Waals surface area contributed by atoms with Crippen molar-refractivity contribution >= 4 is 44.9 Å². The summed E-state index contributed by atoms with van der Waals surface area (Å²) in [5, 5.41) is 13.8.